The zero-order valence-electron chi connectivity index (χ0n) is 13.8. The Morgan fingerprint density at radius 1 is 1.33 bits per heavy atom. The predicted octanol–water partition coefficient (Wildman–Crippen LogP) is 4.42. The van der Waals surface area contributed by atoms with Crippen molar-refractivity contribution in [3.63, 3.8) is 0 Å². The van der Waals surface area contributed by atoms with Gasteiger partial charge in [0.05, 0.1) is 24.1 Å². The first-order valence-corrected chi connectivity index (χ1v) is 8.39. The maximum atomic E-state index is 11.7. The second-order valence-corrected chi connectivity index (χ2v) is 6.32. The highest BCUT2D eigenvalue weighted by atomic mass is 32.1. The third-order valence-corrected chi connectivity index (χ3v) is 4.59. The fraction of sp³-hybridized carbons (Fsp3) is 0.222. The van der Waals surface area contributed by atoms with Crippen molar-refractivity contribution in [1.29, 1.82) is 0 Å². The average molecular weight is 342 g/mol. The number of carbonyl (C=O) groups is 1. The number of benzene rings is 1. The molecule has 0 aliphatic heterocycles. The molecule has 0 radical (unpaired) electrons. The number of aryl methyl sites for hydroxylation is 2. The Hall–Kier alpha value is -2.60. The summed E-state index contributed by atoms with van der Waals surface area (Å²) in [5.74, 6) is 1.07. The number of oxazole rings is 1. The van der Waals surface area contributed by atoms with Gasteiger partial charge in [0.1, 0.15) is 11.5 Å². The summed E-state index contributed by atoms with van der Waals surface area (Å²) in [6.45, 7) is 4.40. The molecule has 0 aliphatic carbocycles. The number of hydrogen-bond donors (Lipinski definition) is 1. The SMILES string of the molecule is COC(=O)c1ccc(C)c(NCc2nc(-c3cccs3)oc2C)c1. The van der Waals surface area contributed by atoms with Gasteiger partial charge in [-0.05, 0) is 43.0 Å². The van der Waals surface area contributed by atoms with E-state index in [-0.39, 0.29) is 5.97 Å². The summed E-state index contributed by atoms with van der Waals surface area (Å²) in [4.78, 5) is 17.2. The molecule has 24 heavy (non-hydrogen) atoms. The molecule has 1 N–H and O–H groups in total. The number of anilines is 1. The quantitative estimate of drug-likeness (QED) is 0.695. The highest BCUT2D eigenvalue weighted by Gasteiger charge is 2.13. The summed E-state index contributed by atoms with van der Waals surface area (Å²) >= 11 is 1.59. The zero-order valence-corrected chi connectivity index (χ0v) is 14.6. The second-order valence-electron chi connectivity index (χ2n) is 5.37. The number of aromatic nitrogens is 1. The minimum atomic E-state index is -0.351. The Balaban J connectivity index is 1.78. The Kier molecular flexibility index (Phi) is 4.66. The molecule has 0 spiro atoms. The van der Waals surface area contributed by atoms with Gasteiger partial charge in [0.2, 0.25) is 5.89 Å². The van der Waals surface area contributed by atoms with Crippen LogP contribution in [0.3, 0.4) is 0 Å². The van der Waals surface area contributed by atoms with Gasteiger partial charge in [0.15, 0.2) is 0 Å². The molecule has 0 unspecified atom stereocenters. The number of thiophene rings is 1. The van der Waals surface area contributed by atoms with Crippen molar-refractivity contribution in [2.24, 2.45) is 0 Å². The number of esters is 1. The van der Waals surface area contributed by atoms with E-state index >= 15 is 0 Å². The van der Waals surface area contributed by atoms with Crippen LogP contribution in [0, 0.1) is 13.8 Å². The van der Waals surface area contributed by atoms with E-state index in [2.05, 4.69) is 10.3 Å². The molecule has 0 atom stereocenters. The van der Waals surface area contributed by atoms with E-state index in [9.17, 15) is 4.79 Å². The minimum absolute atomic E-state index is 0.351. The Labute approximate surface area is 144 Å². The molecule has 0 aliphatic rings. The summed E-state index contributed by atoms with van der Waals surface area (Å²) in [6.07, 6.45) is 0. The van der Waals surface area contributed by atoms with Gasteiger partial charge in [-0.3, -0.25) is 0 Å². The van der Waals surface area contributed by atoms with Crippen molar-refractivity contribution in [2.45, 2.75) is 20.4 Å². The van der Waals surface area contributed by atoms with Gasteiger partial charge in [0, 0.05) is 5.69 Å². The van der Waals surface area contributed by atoms with Crippen LogP contribution in [0.2, 0.25) is 0 Å². The Morgan fingerprint density at radius 3 is 2.88 bits per heavy atom. The van der Waals surface area contributed by atoms with E-state index in [0.717, 1.165) is 27.6 Å². The molecule has 5 nitrogen and oxygen atoms in total. The van der Waals surface area contributed by atoms with Crippen LogP contribution in [0.4, 0.5) is 5.69 Å². The summed E-state index contributed by atoms with van der Waals surface area (Å²) in [5, 5.41) is 5.32. The molecule has 0 saturated heterocycles. The van der Waals surface area contributed by atoms with Crippen molar-refractivity contribution in [3.8, 4) is 10.8 Å². The lowest BCUT2D eigenvalue weighted by Crippen LogP contribution is -2.06. The Bertz CT molecular complexity index is 853. The van der Waals surface area contributed by atoms with E-state index in [4.69, 9.17) is 9.15 Å². The normalized spacial score (nSPS) is 10.6. The van der Waals surface area contributed by atoms with Crippen LogP contribution in [0.15, 0.2) is 40.1 Å². The van der Waals surface area contributed by atoms with Crippen LogP contribution in [0.5, 0.6) is 0 Å². The van der Waals surface area contributed by atoms with Gasteiger partial charge in [-0.1, -0.05) is 12.1 Å². The summed E-state index contributed by atoms with van der Waals surface area (Å²) in [5.41, 5.74) is 3.28. The van der Waals surface area contributed by atoms with Crippen molar-refractivity contribution in [2.75, 3.05) is 12.4 Å². The maximum Gasteiger partial charge on any atom is 0.337 e. The van der Waals surface area contributed by atoms with Crippen LogP contribution >= 0.6 is 11.3 Å². The van der Waals surface area contributed by atoms with E-state index in [1.807, 2.05) is 37.4 Å². The molecule has 2 aromatic heterocycles. The van der Waals surface area contributed by atoms with Crippen molar-refractivity contribution < 1.29 is 13.9 Å². The first-order chi connectivity index (χ1) is 11.6. The molecular weight excluding hydrogens is 324 g/mol. The minimum Gasteiger partial charge on any atom is -0.465 e. The lowest BCUT2D eigenvalue weighted by Gasteiger charge is -2.10. The highest BCUT2D eigenvalue weighted by Crippen LogP contribution is 2.26. The first kappa shape index (κ1) is 16.3. The topological polar surface area (TPSA) is 64.4 Å². The molecule has 0 fully saturated rings. The number of hydrogen-bond acceptors (Lipinski definition) is 6. The average Bonchev–Trinajstić information content (AvgIpc) is 3.23. The number of ether oxygens (including phenoxy) is 1. The highest BCUT2D eigenvalue weighted by molar-refractivity contribution is 7.13. The van der Waals surface area contributed by atoms with Crippen LogP contribution < -0.4 is 5.32 Å². The zero-order chi connectivity index (χ0) is 17.1. The number of nitrogens with one attached hydrogen (secondary N) is 1. The molecule has 2 heterocycles. The van der Waals surface area contributed by atoms with Gasteiger partial charge in [-0.25, -0.2) is 9.78 Å². The smallest absolute Gasteiger partial charge is 0.337 e. The van der Waals surface area contributed by atoms with Gasteiger partial charge in [0.25, 0.3) is 0 Å². The van der Waals surface area contributed by atoms with Crippen LogP contribution in [-0.2, 0) is 11.3 Å². The monoisotopic (exact) mass is 342 g/mol. The third-order valence-electron chi connectivity index (χ3n) is 3.73. The van der Waals surface area contributed by atoms with Crippen LogP contribution in [0.25, 0.3) is 10.8 Å². The number of rotatable bonds is 5. The summed E-state index contributed by atoms with van der Waals surface area (Å²) < 4.78 is 10.5. The largest absolute Gasteiger partial charge is 0.465 e. The predicted molar refractivity (Wildman–Crippen MR) is 94.4 cm³/mol. The van der Waals surface area contributed by atoms with E-state index in [1.54, 1.807) is 23.5 Å². The van der Waals surface area contributed by atoms with Gasteiger partial charge in [-0.15, -0.1) is 11.3 Å². The third kappa shape index (κ3) is 3.33. The molecule has 0 bridgehead atoms. The molecular formula is C18H18N2O3S. The standard InChI is InChI=1S/C18H18N2O3S/c1-11-6-7-13(18(21)22-3)9-14(11)19-10-15-12(2)23-17(20-15)16-5-4-8-24-16/h4-9,19H,10H2,1-3H3. The molecule has 1 aromatic carbocycles. The molecule has 124 valence electrons. The van der Waals surface area contributed by atoms with E-state index in [0.29, 0.717) is 18.0 Å². The molecule has 0 amide bonds. The van der Waals surface area contributed by atoms with Gasteiger partial charge in [-0.2, -0.15) is 0 Å². The lowest BCUT2D eigenvalue weighted by molar-refractivity contribution is 0.0601. The number of carbonyl (C=O) groups excluding carboxylic acids is 1. The maximum absolute atomic E-state index is 11.7. The first-order valence-electron chi connectivity index (χ1n) is 7.51. The van der Waals surface area contributed by atoms with Crippen molar-refractivity contribution in [3.05, 3.63) is 58.3 Å². The summed E-state index contributed by atoms with van der Waals surface area (Å²) in [7, 11) is 1.38. The fourth-order valence-corrected chi connectivity index (χ4v) is 2.98. The Morgan fingerprint density at radius 2 is 2.17 bits per heavy atom. The van der Waals surface area contributed by atoms with Crippen molar-refractivity contribution >= 4 is 23.0 Å². The number of nitrogens with zero attached hydrogens (tertiary/aromatic N) is 1. The van der Waals surface area contributed by atoms with Crippen LogP contribution in [-0.4, -0.2) is 18.1 Å². The fourth-order valence-electron chi connectivity index (χ4n) is 2.33. The van der Waals surface area contributed by atoms with Gasteiger partial charge < -0.3 is 14.5 Å². The number of methoxy groups -OCH3 is 1. The van der Waals surface area contributed by atoms with E-state index < -0.39 is 0 Å². The molecule has 3 aromatic rings. The van der Waals surface area contributed by atoms with Gasteiger partial charge >= 0.3 is 5.97 Å². The van der Waals surface area contributed by atoms with Crippen LogP contribution in [0.1, 0.15) is 27.4 Å². The lowest BCUT2D eigenvalue weighted by atomic mass is 10.1. The summed E-state index contributed by atoms with van der Waals surface area (Å²) in [6, 6.07) is 9.39. The molecule has 3 rings (SSSR count). The van der Waals surface area contributed by atoms with E-state index in [1.165, 1.54) is 7.11 Å². The van der Waals surface area contributed by atoms with Crippen molar-refractivity contribution in [1.82, 2.24) is 4.98 Å². The molecule has 6 heteroatoms. The second kappa shape index (κ2) is 6.88. The molecule has 0 saturated carbocycles.